The molecule has 0 aliphatic carbocycles. The molecule has 720 valence electrons. The van der Waals surface area contributed by atoms with Gasteiger partial charge in [0, 0.05) is 78.5 Å². The Balaban J connectivity index is -0.000000257. The molecule has 0 aromatic rings. The Bertz CT molecular complexity index is 1750. The minimum atomic E-state index is 0. The molecule has 0 aliphatic rings. The van der Waals surface area contributed by atoms with Crippen LogP contribution in [-0.2, 0) is 96.8 Å². The van der Waals surface area contributed by atoms with Crippen molar-refractivity contribution in [1.29, 1.82) is 0 Å². The van der Waals surface area contributed by atoms with Crippen LogP contribution in [0.3, 0.4) is 0 Å². The van der Waals surface area contributed by atoms with Gasteiger partial charge in [-0.05, 0) is 148 Å². The van der Waals surface area contributed by atoms with Crippen molar-refractivity contribution >= 4 is 175 Å². The van der Waals surface area contributed by atoms with E-state index in [1.54, 1.807) is 0 Å². The summed E-state index contributed by atoms with van der Waals surface area (Å²) in [5.41, 5.74) is 0. The number of unbranched alkanes of at least 4 members (excludes halogenated alkanes) is 12. The summed E-state index contributed by atoms with van der Waals surface area (Å²) >= 11 is 63.8. The van der Waals surface area contributed by atoms with Crippen molar-refractivity contribution in [2.45, 2.75) is 474 Å². The molecule has 0 aliphatic heterocycles. The Labute approximate surface area is 841 Å². The quantitative estimate of drug-likeness (QED) is 0.0327. The minimum absolute atomic E-state index is 0. The number of nitrogens with zero attached hydrogens (tertiary/aromatic N) is 6. The molecule has 0 saturated carbocycles. The molecule has 0 bridgehead atoms. The molecular formula is C102H204MoN6S12. The van der Waals surface area contributed by atoms with Crippen LogP contribution in [0.25, 0.3) is 0 Å². The average molecular weight is 2000 g/mol. The van der Waals surface area contributed by atoms with Crippen LogP contribution in [0.15, 0.2) is 0 Å². The normalized spacial score (nSPS) is 13.9. The summed E-state index contributed by atoms with van der Waals surface area (Å²) < 4.78 is 4.05. The number of thiocarbonyl (C=S) groups is 6. The van der Waals surface area contributed by atoms with Crippen molar-refractivity contribution < 1.29 is 21.1 Å². The van der Waals surface area contributed by atoms with Gasteiger partial charge in [-0.1, -0.05) is 423 Å². The average Bonchev–Trinajstić information content (AvgIpc) is 0.941. The van der Waals surface area contributed by atoms with Gasteiger partial charge in [0.15, 0.2) is 0 Å². The van der Waals surface area contributed by atoms with E-state index in [0.717, 1.165) is 150 Å². The molecule has 12 unspecified atom stereocenters. The van der Waals surface area contributed by atoms with Crippen LogP contribution >= 0.6 is 73.3 Å². The fourth-order valence-electron chi connectivity index (χ4n) is 16.1. The predicted octanol–water partition coefficient (Wildman–Crippen LogP) is 33.3. The minimum Gasteiger partial charge on any atom is -0.411 e. The SMILES string of the molecule is CCCCC(CC)CN(CC(CC)CCCC)C(=S)[S-].CCCCC(CC)CN(CC(CC)CCCC)C(=S)[S-].CCCCC(CC)CN(CC(CC)CCCC)C(=S)[S-].CCCCC(CC)CN(CC(CC)CCCC)C(=S)[S-].CCCCC(CC)CN(CC(CC)CCCC)C(=S)[S-].CCCCC(CC)CN(CC(CC)CCCC)C(=S)[S-].[Mo+6]. The van der Waals surface area contributed by atoms with Gasteiger partial charge in [-0.25, -0.2) is 0 Å². The second-order valence-corrected chi connectivity index (χ2v) is 42.2. The van der Waals surface area contributed by atoms with E-state index >= 15 is 0 Å². The first-order chi connectivity index (χ1) is 57.5. The summed E-state index contributed by atoms with van der Waals surface area (Å²) in [6.07, 6.45) is 61.8. The van der Waals surface area contributed by atoms with E-state index in [1.807, 2.05) is 0 Å². The second kappa shape index (κ2) is 98.8. The molecule has 0 saturated heterocycles. The van der Waals surface area contributed by atoms with Gasteiger partial charge in [0.2, 0.25) is 0 Å². The fourth-order valence-corrected chi connectivity index (χ4v) is 17.9. The fraction of sp³-hybridized carbons (Fsp3) is 0.941. The Kier molecular flexibility index (Phi) is 111. The van der Waals surface area contributed by atoms with E-state index in [1.165, 1.54) is 308 Å². The summed E-state index contributed by atoms with van der Waals surface area (Å²) in [6.45, 7) is 67.5. The molecule has 0 N–H and O–H groups in total. The first kappa shape index (κ1) is 135. The van der Waals surface area contributed by atoms with Crippen LogP contribution in [0.2, 0.25) is 0 Å². The zero-order valence-electron chi connectivity index (χ0n) is 84.3. The molecule has 0 rings (SSSR count). The summed E-state index contributed by atoms with van der Waals surface area (Å²) in [4.78, 5) is 13.8. The van der Waals surface area contributed by atoms with Crippen molar-refractivity contribution in [3.8, 4) is 0 Å². The van der Waals surface area contributed by atoms with Crippen molar-refractivity contribution in [3.05, 3.63) is 0 Å². The molecule has 0 aromatic heterocycles. The molecule has 0 heterocycles. The molecule has 0 amide bonds. The van der Waals surface area contributed by atoms with Crippen LogP contribution in [0.4, 0.5) is 0 Å². The standard InChI is InChI=1S/6C17H35NS2.Mo/c6*1-5-9-11-15(7-3)13-18(17(19)20)14-16(8-4)12-10-6-2;/h6*15-16H,5-14H2,1-4H3,(H,19,20);/q;;;;;;+6/p-6. The zero-order chi connectivity index (χ0) is 92.3. The molecule has 19 heteroatoms. The van der Waals surface area contributed by atoms with Crippen LogP contribution in [0, 0.1) is 71.0 Å². The third-order valence-corrected chi connectivity index (χ3v) is 28.9. The third-order valence-electron chi connectivity index (χ3n) is 25.8. The zero-order valence-corrected chi connectivity index (χ0v) is 96.2. The smallest absolute Gasteiger partial charge is 0.411 e. The van der Waals surface area contributed by atoms with Gasteiger partial charge in [-0.2, -0.15) is 0 Å². The van der Waals surface area contributed by atoms with E-state index in [0.29, 0.717) is 25.9 Å². The maximum Gasteiger partial charge on any atom is 6.00 e. The predicted molar refractivity (Wildman–Crippen MR) is 589 cm³/mol. The monoisotopic (exact) mass is 2000 g/mol. The molecule has 121 heavy (non-hydrogen) atoms. The first-order valence-electron chi connectivity index (χ1n) is 51.3. The summed E-state index contributed by atoms with van der Waals surface area (Å²) in [7, 11) is 0. The van der Waals surface area contributed by atoms with Crippen LogP contribution in [0.1, 0.15) is 474 Å². The van der Waals surface area contributed by atoms with Gasteiger partial charge in [0.05, 0.1) is 0 Å². The molecule has 0 fully saturated rings. The van der Waals surface area contributed by atoms with Crippen LogP contribution in [-0.4, -0.2) is 134 Å². The Morgan fingerprint density at radius 3 is 0.264 bits per heavy atom. The van der Waals surface area contributed by atoms with E-state index < -0.39 is 0 Å². The van der Waals surface area contributed by atoms with Gasteiger partial charge in [-0.15, -0.1) is 0 Å². The summed E-state index contributed by atoms with van der Waals surface area (Å²) in [6, 6.07) is 0. The van der Waals surface area contributed by atoms with Gasteiger partial charge in [0.25, 0.3) is 0 Å². The Morgan fingerprint density at radius 1 is 0.157 bits per heavy atom. The summed E-state index contributed by atoms with van der Waals surface area (Å²) in [5, 5.41) is 0. The van der Waals surface area contributed by atoms with Crippen molar-refractivity contribution in [2.75, 3.05) is 78.5 Å². The van der Waals surface area contributed by atoms with Gasteiger partial charge in [-0.3, -0.25) is 0 Å². The Hall–Kier alpha value is 1.35. The maximum atomic E-state index is 5.32. The number of rotatable bonds is 72. The van der Waals surface area contributed by atoms with Gasteiger partial charge in [0.1, 0.15) is 0 Å². The number of hydrogen-bond donors (Lipinski definition) is 0. The molecular weight excluding hydrogens is 1790 g/mol. The molecule has 6 nitrogen and oxygen atoms in total. The molecule has 0 aromatic carbocycles. The van der Waals surface area contributed by atoms with E-state index in [-0.39, 0.29) is 21.1 Å². The number of hydrogen-bond acceptors (Lipinski definition) is 12. The molecule has 0 spiro atoms. The Morgan fingerprint density at radius 2 is 0.223 bits per heavy atom. The first-order valence-corrected chi connectivity index (χ1v) is 56.2. The summed E-state index contributed by atoms with van der Waals surface area (Å²) in [5.74, 6) is 8.99. The maximum absolute atomic E-state index is 5.32. The molecule has 12 atom stereocenters. The van der Waals surface area contributed by atoms with E-state index in [2.05, 4.69) is 196 Å². The van der Waals surface area contributed by atoms with Gasteiger partial charge >= 0.3 is 21.1 Å². The van der Waals surface area contributed by atoms with E-state index in [4.69, 9.17) is 149 Å². The molecule has 0 radical (unpaired) electrons. The third kappa shape index (κ3) is 81.8. The topological polar surface area (TPSA) is 19.4 Å². The van der Waals surface area contributed by atoms with Crippen molar-refractivity contribution in [3.63, 3.8) is 0 Å². The van der Waals surface area contributed by atoms with Crippen molar-refractivity contribution in [2.24, 2.45) is 71.0 Å². The van der Waals surface area contributed by atoms with Crippen LogP contribution in [0.5, 0.6) is 0 Å². The van der Waals surface area contributed by atoms with Gasteiger partial charge < -0.3 is 178 Å². The van der Waals surface area contributed by atoms with Crippen molar-refractivity contribution in [1.82, 2.24) is 29.4 Å². The second-order valence-electron chi connectivity index (χ2n) is 36.0. The van der Waals surface area contributed by atoms with E-state index in [9.17, 15) is 0 Å². The largest absolute Gasteiger partial charge is 6.00 e. The van der Waals surface area contributed by atoms with Crippen LogP contribution < -0.4 is 0 Å².